The first kappa shape index (κ1) is 18.9. The van der Waals surface area contributed by atoms with Gasteiger partial charge in [-0.25, -0.2) is 0 Å². The Kier molecular flexibility index (Phi) is 6.29. The van der Waals surface area contributed by atoms with Gasteiger partial charge in [0.1, 0.15) is 0 Å². The van der Waals surface area contributed by atoms with E-state index in [1.54, 1.807) is 12.4 Å². The summed E-state index contributed by atoms with van der Waals surface area (Å²) < 4.78 is 2.11. The van der Waals surface area contributed by atoms with Gasteiger partial charge < -0.3 is 9.47 Å². The van der Waals surface area contributed by atoms with Crippen LogP contribution in [0.1, 0.15) is 46.5 Å². The Hall–Kier alpha value is -1.89. The van der Waals surface area contributed by atoms with Crippen molar-refractivity contribution in [2.24, 2.45) is 0 Å². The molecule has 2 aromatic heterocycles. The highest BCUT2D eigenvalue weighted by atomic mass is 32.2. The van der Waals surface area contributed by atoms with E-state index in [9.17, 15) is 4.79 Å². The summed E-state index contributed by atoms with van der Waals surface area (Å²) in [6.07, 6.45) is 7.90. The van der Waals surface area contributed by atoms with Crippen LogP contribution in [0.2, 0.25) is 0 Å². The van der Waals surface area contributed by atoms with Gasteiger partial charge in [-0.15, -0.1) is 10.2 Å². The number of pyridine rings is 1. The van der Waals surface area contributed by atoms with Crippen LogP contribution in [0.3, 0.4) is 0 Å². The molecule has 7 heteroatoms. The van der Waals surface area contributed by atoms with Crippen LogP contribution in [0, 0.1) is 0 Å². The van der Waals surface area contributed by atoms with Crippen molar-refractivity contribution in [2.45, 2.75) is 70.2 Å². The van der Waals surface area contributed by atoms with Crippen LogP contribution in [0.15, 0.2) is 29.7 Å². The van der Waals surface area contributed by atoms with Crippen molar-refractivity contribution in [2.75, 3.05) is 5.75 Å². The highest BCUT2D eigenvalue weighted by molar-refractivity contribution is 7.99. The number of nitrogens with zero attached hydrogens (tertiary/aromatic N) is 5. The Morgan fingerprint density at radius 3 is 2.54 bits per heavy atom. The molecule has 3 heterocycles. The fourth-order valence-electron chi connectivity index (χ4n) is 3.65. The summed E-state index contributed by atoms with van der Waals surface area (Å²) >= 11 is 1.49. The second-order valence-electron chi connectivity index (χ2n) is 6.91. The molecule has 140 valence electrons. The molecule has 1 aliphatic rings. The lowest BCUT2D eigenvalue weighted by Gasteiger charge is -2.39. The molecule has 0 saturated carbocycles. The maximum atomic E-state index is 12.8. The molecule has 1 saturated heterocycles. The Morgan fingerprint density at radius 2 is 1.88 bits per heavy atom. The summed E-state index contributed by atoms with van der Waals surface area (Å²) in [5.74, 6) is 1.45. The zero-order valence-electron chi connectivity index (χ0n) is 15.8. The first-order valence-corrected chi connectivity index (χ1v) is 10.4. The van der Waals surface area contributed by atoms with Gasteiger partial charge in [0.05, 0.1) is 5.75 Å². The zero-order chi connectivity index (χ0) is 18.5. The average molecular weight is 374 g/mol. The first-order chi connectivity index (χ1) is 12.6. The van der Waals surface area contributed by atoms with Gasteiger partial charge in [0.2, 0.25) is 5.91 Å². The average Bonchev–Trinajstić information content (AvgIpc) is 3.03. The molecule has 0 radical (unpaired) electrons. The maximum Gasteiger partial charge on any atom is 0.233 e. The standard InChI is InChI=1S/C19H27N5OS/c1-4-12-23-18(16-8-10-20-11-9-16)21-22-19(23)26-13-17(25)24-14(2)6-5-7-15(24)3/h8-11,14-15H,4-7,12-13H2,1-3H3/t14-,15-/m0/s1. The second-order valence-corrected chi connectivity index (χ2v) is 7.85. The summed E-state index contributed by atoms with van der Waals surface area (Å²) in [4.78, 5) is 18.9. The molecule has 0 N–H and O–H groups in total. The predicted octanol–water partition coefficient (Wildman–Crippen LogP) is 3.63. The number of aromatic nitrogens is 4. The number of carbonyl (C=O) groups excluding carboxylic acids is 1. The molecule has 1 fully saturated rings. The number of hydrogen-bond acceptors (Lipinski definition) is 5. The Labute approximate surface area is 159 Å². The smallest absolute Gasteiger partial charge is 0.233 e. The molecular formula is C19H27N5OS. The van der Waals surface area contributed by atoms with Gasteiger partial charge in [-0.05, 0) is 51.7 Å². The van der Waals surface area contributed by atoms with Crippen molar-refractivity contribution in [3.8, 4) is 11.4 Å². The molecule has 3 rings (SSSR count). The summed E-state index contributed by atoms with van der Waals surface area (Å²) in [6, 6.07) is 4.53. The third-order valence-electron chi connectivity index (χ3n) is 4.91. The number of thioether (sulfide) groups is 1. The number of piperidine rings is 1. The topological polar surface area (TPSA) is 63.9 Å². The molecule has 2 aromatic rings. The van der Waals surface area contributed by atoms with Gasteiger partial charge in [0.25, 0.3) is 0 Å². The van der Waals surface area contributed by atoms with E-state index < -0.39 is 0 Å². The molecule has 0 aliphatic carbocycles. The lowest BCUT2D eigenvalue weighted by molar-refractivity contribution is -0.134. The number of carbonyl (C=O) groups is 1. The minimum absolute atomic E-state index is 0.200. The summed E-state index contributed by atoms with van der Waals surface area (Å²) in [5, 5.41) is 9.53. The molecule has 6 nitrogen and oxygen atoms in total. The predicted molar refractivity (Wildman–Crippen MR) is 104 cm³/mol. The largest absolute Gasteiger partial charge is 0.337 e. The molecule has 0 spiro atoms. The summed E-state index contributed by atoms with van der Waals surface area (Å²) in [6.45, 7) is 7.27. The quantitative estimate of drug-likeness (QED) is 0.724. The van der Waals surface area contributed by atoms with Crippen LogP contribution in [-0.2, 0) is 11.3 Å². The molecule has 1 aliphatic heterocycles. The summed E-state index contributed by atoms with van der Waals surface area (Å²) in [5.41, 5.74) is 0.998. The van der Waals surface area contributed by atoms with E-state index in [0.29, 0.717) is 17.8 Å². The van der Waals surface area contributed by atoms with Crippen molar-refractivity contribution in [1.82, 2.24) is 24.6 Å². The summed E-state index contributed by atoms with van der Waals surface area (Å²) in [7, 11) is 0. The monoisotopic (exact) mass is 373 g/mol. The van der Waals surface area contributed by atoms with Crippen LogP contribution in [0.4, 0.5) is 0 Å². The third-order valence-corrected chi connectivity index (χ3v) is 5.86. The van der Waals surface area contributed by atoms with Gasteiger partial charge in [-0.3, -0.25) is 9.78 Å². The fraction of sp³-hybridized carbons (Fsp3) is 0.579. The van der Waals surface area contributed by atoms with Gasteiger partial charge >= 0.3 is 0 Å². The fourth-order valence-corrected chi connectivity index (χ4v) is 4.48. The molecule has 26 heavy (non-hydrogen) atoms. The molecular weight excluding hydrogens is 346 g/mol. The van der Waals surface area contributed by atoms with E-state index in [4.69, 9.17) is 0 Å². The van der Waals surface area contributed by atoms with Crippen LogP contribution in [-0.4, -0.2) is 48.4 Å². The SMILES string of the molecule is CCCn1c(SCC(=O)N2[C@@H](C)CCC[C@@H]2C)nnc1-c1ccncc1. The Morgan fingerprint density at radius 1 is 1.19 bits per heavy atom. The van der Waals surface area contributed by atoms with Gasteiger partial charge in [0, 0.05) is 36.6 Å². The molecule has 0 unspecified atom stereocenters. The number of rotatable bonds is 6. The second kappa shape index (κ2) is 8.66. The van der Waals surface area contributed by atoms with Crippen LogP contribution >= 0.6 is 11.8 Å². The van der Waals surface area contributed by atoms with E-state index in [0.717, 1.165) is 42.4 Å². The highest BCUT2D eigenvalue weighted by Gasteiger charge is 2.29. The van der Waals surface area contributed by atoms with Crippen LogP contribution < -0.4 is 0 Å². The van der Waals surface area contributed by atoms with E-state index in [1.807, 2.05) is 12.1 Å². The van der Waals surface area contributed by atoms with Gasteiger partial charge in [0.15, 0.2) is 11.0 Å². The van der Waals surface area contributed by atoms with Crippen LogP contribution in [0.25, 0.3) is 11.4 Å². The van der Waals surface area contributed by atoms with Crippen molar-refractivity contribution >= 4 is 17.7 Å². The third kappa shape index (κ3) is 4.09. The van der Waals surface area contributed by atoms with E-state index in [2.05, 4.69) is 45.4 Å². The minimum atomic E-state index is 0.200. The van der Waals surface area contributed by atoms with E-state index in [1.165, 1.54) is 18.2 Å². The van der Waals surface area contributed by atoms with Crippen molar-refractivity contribution in [1.29, 1.82) is 0 Å². The molecule has 1 amide bonds. The normalized spacial score (nSPS) is 20.3. The van der Waals surface area contributed by atoms with Gasteiger partial charge in [-0.1, -0.05) is 18.7 Å². The van der Waals surface area contributed by atoms with E-state index >= 15 is 0 Å². The van der Waals surface area contributed by atoms with Crippen molar-refractivity contribution < 1.29 is 4.79 Å². The van der Waals surface area contributed by atoms with Gasteiger partial charge in [-0.2, -0.15) is 0 Å². The minimum Gasteiger partial charge on any atom is -0.337 e. The van der Waals surface area contributed by atoms with Crippen molar-refractivity contribution in [3.63, 3.8) is 0 Å². The lowest BCUT2D eigenvalue weighted by Crippen LogP contribution is -2.48. The molecule has 0 bridgehead atoms. The Bertz CT molecular complexity index is 723. The lowest BCUT2D eigenvalue weighted by atomic mass is 9.98. The Balaban J connectivity index is 1.73. The number of hydrogen-bond donors (Lipinski definition) is 0. The molecule has 0 aromatic carbocycles. The van der Waals surface area contributed by atoms with Crippen LogP contribution in [0.5, 0.6) is 0 Å². The van der Waals surface area contributed by atoms with E-state index in [-0.39, 0.29) is 5.91 Å². The molecule has 2 atom stereocenters. The zero-order valence-corrected chi connectivity index (χ0v) is 16.6. The number of likely N-dealkylation sites (tertiary alicyclic amines) is 1. The maximum absolute atomic E-state index is 12.8. The van der Waals surface area contributed by atoms with Crippen molar-refractivity contribution in [3.05, 3.63) is 24.5 Å². The first-order valence-electron chi connectivity index (χ1n) is 9.39. The number of amides is 1. The highest BCUT2D eigenvalue weighted by Crippen LogP contribution is 2.27.